The molecule has 0 bridgehead atoms. The number of carbonyl (C=O) groups is 1. The quantitative estimate of drug-likeness (QED) is 0.215. The third-order valence-corrected chi connectivity index (χ3v) is 6.34. The van der Waals surface area contributed by atoms with Gasteiger partial charge in [0, 0.05) is 0 Å². The molecule has 0 aliphatic rings. The maximum atomic E-state index is 12.4. The van der Waals surface area contributed by atoms with Crippen LogP contribution in [-0.2, 0) is 26.9 Å². The van der Waals surface area contributed by atoms with Crippen molar-refractivity contribution >= 4 is 13.6 Å². The number of aryl methyl sites for hydroxylation is 2. The lowest BCUT2D eigenvalue weighted by atomic mass is 9.81. The van der Waals surface area contributed by atoms with E-state index in [1.165, 1.54) is 44.1 Å². The van der Waals surface area contributed by atoms with Gasteiger partial charge < -0.3 is 14.5 Å². The Bertz CT molecular complexity index is 637. The third-order valence-electron chi connectivity index (χ3n) is 5.53. The first-order chi connectivity index (χ1) is 13.7. The van der Waals surface area contributed by atoms with E-state index in [9.17, 15) is 19.1 Å². The van der Waals surface area contributed by atoms with Gasteiger partial charge in [-0.1, -0.05) is 63.3 Å². The molecule has 0 saturated heterocycles. The van der Waals surface area contributed by atoms with Crippen LogP contribution in [0.2, 0.25) is 0 Å². The Morgan fingerprint density at radius 3 is 2.03 bits per heavy atom. The smallest absolute Gasteiger partial charge is 0.325 e. The maximum absolute atomic E-state index is 12.4. The fourth-order valence-corrected chi connectivity index (χ4v) is 4.21. The Morgan fingerprint density at radius 1 is 0.931 bits per heavy atom. The molecule has 0 amide bonds. The van der Waals surface area contributed by atoms with Gasteiger partial charge in [-0.3, -0.25) is 9.36 Å². The highest BCUT2D eigenvalue weighted by Gasteiger charge is 2.36. The van der Waals surface area contributed by atoms with E-state index in [4.69, 9.17) is 4.74 Å². The summed E-state index contributed by atoms with van der Waals surface area (Å²) < 4.78 is 16.4. The summed E-state index contributed by atoms with van der Waals surface area (Å²) in [5, 5.41) is 0. The van der Waals surface area contributed by atoms with Crippen molar-refractivity contribution in [3.05, 3.63) is 35.4 Å². The van der Waals surface area contributed by atoms with Gasteiger partial charge in [-0.25, -0.2) is 0 Å². The van der Waals surface area contributed by atoms with E-state index in [1.54, 1.807) is 13.8 Å². The van der Waals surface area contributed by atoms with E-state index in [0.717, 1.165) is 12.0 Å². The lowest BCUT2D eigenvalue weighted by Gasteiger charge is -2.27. The molecule has 0 aliphatic heterocycles. The Morgan fingerprint density at radius 2 is 1.48 bits per heavy atom. The zero-order chi connectivity index (χ0) is 21.8. The minimum Gasteiger partial charge on any atom is -0.466 e. The highest BCUT2D eigenvalue weighted by Crippen LogP contribution is 2.41. The van der Waals surface area contributed by atoms with Crippen molar-refractivity contribution in [1.82, 2.24) is 0 Å². The van der Waals surface area contributed by atoms with Crippen LogP contribution in [0.5, 0.6) is 0 Å². The summed E-state index contributed by atoms with van der Waals surface area (Å²) >= 11 is 0. The van der Waals surface area contributed by atoms with Crippen molar-refractivity contribution in [1.29, 1.82) is 0 Å². The van der Waals surface area contributed by atoms with Crippen LogP contribution in [0, 0.1) is 5.41 Å². The van der Waals surface area contributed by atoms with Crippen LogP contribution >= 0.6 is 7.60 Å². The number of esters is 1. The SMILES string of the molecule is CCCCCCCCc1ccc(CCC(C)(CCP(=O)(O)O)C(=O)OCC)cc1. The van der Waals surface area contributed by atoms with Crippen LogP contribution in [0.3, 0.4) is 0 Å². The van der Waals surface area contributed by atoms with Crippen LogP contribution in [0.4, 0.5) is 0 Å². The fraction of sp³-hybridized carbons (Fsp3) is 0.696. The van der Waals surface area contributed by atoms with Crippen LogP contribution in [-0.4, -0.2) is 28.5 Å². The Hall–Kier alpha value is -1.16. The maximum Gasteiger partial charge on any atom is 0.325 e. The lowest BCUT2D eigenvalue weighted by molar-refractivity contribution is -0.155. The van der Waals surface area contributed by atoms with Gasteiger partial charge in [-0.05, 0) is 57.1 Å². The van der Waals surface area contributed by atoms with Crippen LogP contribution < -0.4 is 0 Å². The highest BCUT2D eigenvalue weighted by atomic mass is 31.2. The number of rotatable bonds is 15. The minimum absolute atomic E-state index is 0.117. The number of hydrogen-bond acceptors (Lipinski definition) is 3. The molecule has 0 spiro atoms. The number of unbranched alkanes of at least 4 members (excludes halogenated alkanes) is 5. The van der Waals surface area contributed by atoms with E-state index in [-0.39, 0.29) is 25.2 Å². The standard InChI is InChI=1S/C23H39O5P/c1-4-6-7-8-9-10-11-20-12-14-21(15-13-20)16-17-23(3,22(24)28-5-2)18-19-29(25,26)27/h12-15H,4-11,16-19H2,1-3H3,(H2,25,26,27). The molecule has 1 aromatic rings. The zero-order valence-electron chi connectivity index (χ0n) is 18.4. The average Bonchev–Trinajstić information content (AvgIpc) is 2.68. The second kappa shape index (κ2) is 13.2. The molecule has 0 aliphatic carbocycles. The molecule has 0 heterocycles. The van der Waals surface area contributed by atoms with E-state index < -0.39 is 13.0 Å². The van der Waals surface area contributed by atoms with Gasteiger partial charge in [0.25, 0.3) is 0 Å². The second-order valence-electron chi connectivity index (χ2n) is 8.25. The summed E-state index contributed by atoms with van der Waals surface area (Å²) in [5.41, 5.74) is 1.57. The van der Waals surface area contributed by atoms with Crippen molar-refractivity contribution in [2.75, 3.05) is 12.8 Å². The molecule has 0 aromatic heterocycles. The summed E-state index contributed by atoms with van der Waals surface area (Å²) in [6, 6.07) is 8.50. The predicted octanol–water partition coefficient (Wildman–Crippen LogP) is 5.66. The van der Waals surface area contributed by atoms with Crippen molar-refractivity contribution < 1.29 is 23.9 Å². The van der Waals surface area contributed by atoms with Crippen molar-refractivity contribution in [2.24, 2.45) is 5.41 Å². The molecule has 1 atom stereocenters. The van der Waals surface area contributed by atoms with Gasteiger partial charge >= 0.3 is 13.6 Å². The van der Waals surface area contributed by atoms with E-state index in [0.29, 0.717) is 12.8 Å². The number of benzene rings is 1. The molecule has 1 aromatic carbocycles. The predicted molar refractivity (Wildman–Crippen MR) is 118 cm³/mol. The van der Waals surface area contributed by atoms with E-state index >= 15 is 0 Å². The van der Waals surface area contributed by atoms with Gasteiger partial charge in [0.15, 0.2) is 0 Å². The van der Waals surface area contributed by atoms with Crippen molar-refractivity contribution in [3.63, 3.8) is 0 Å². The lowest BCUT2D eigenvalue weighted by Crippen LogP contribution is -2.31. The van der Waals surface area contributed by atoms with E-state index in [2.05, 4.69) is 31.2 Å². The molecule has 29 heavy (non-hydrogen) atoms. The summed E-state index contributed by atoms with van der Waals surface area (Å²) in [6.07, 6.45) is 9.82. The largest absolute Gasteiger partial charge is 0.466 e. The first-order valence-corrected chi connectivity index (χ1v) is 12.8. The topological polar surface area (TPSA) is 83.8 Å². The van der Waals surface area contributed by atoms with Crippen LogP contribution in [0.1, 0.15) is 83.3 Å². The number of ether oxygens (including phenoxy) is 1. The summed E-state index contributed by atoms with van der Waals surface area (Å²) in [6.45, 7) is 5.98. The molecule has 1 unspecified atom stereocenters. The molecule has 1 rings (SSSR count). The average molecular weight is 427 g/mol. The molecule has 2 N–H and O–H groups in total. The molecule has 6 heteroatoms. The summed E-state index contributed by atoms with van der Waals surface area (Å²) in [5.74, 6) is -0.381. The number of hydrogen-bond donors (Lipinski definition) is 2. The Labute approximate surface area is 176 Å². The van der Waals surface area contributed by atoms with Crippen LogP contribution in [0.15, 0.2) is 24.3 Å². The Kier molecular flexibility index (Phi) is 11.8. The minimum atomic E-state index is -4.15. The van der Waals surface area contributed by atoms with Crippen LogP contribution in [0.25, 0.3) is 0 Å². The monoisotopic (exact) mass is 426 g/mol. The van der Waals surface area contributed by atoms with Gasteiger partial charge in [0.2, 0.25) is 0 Å². The van der Waals surface area contributed by atoms with Crippen molar-refractivity contribution in [3.8, 4) is 0 Å². The zero-order valence-corrected chi connectivity index (χ0v) is 19.3. The molecule has 166 valence electrons. The molecule has 0 fully saturated rings. The van der Waals surface area contributed by atoms with Gasteiger partial charge in [-0.2, -0.15) is 0 Å². The molecule has 0 radical (unpaired) electrons. The first kappa shape index (κ1) is 25.9. The molecule has 0 saturated carbocycles. The Balaban J connectivity index is 2.56. The number of carbonyl (C=O) groups excluding carboxylic acids is 1. The van der Waals surface area contributed by atoms with Gasteiger partial charge in [0.05, 0.1) is 18.2 Å². The molecule has 5 nitrogen and oxygen atoms in total. The van der Waals surface area contributed by atoms with Gasteiger partial charge in [0.1, 0.15) is 0 Å². The fourth-order valence-electron chi connectivity index (χ4n) is 3.43. The third kappa shape index (κ3) is 11.0. The molecular weight excluding hydrogens is 387 g/mol. The van der Waals surface area contributed by atoms with Crippen molar-refractivity contribution in [2.45, 2.75) is 85.0 Å². The van der Waals surface area contributed by atoms with E-state index in [1.807, 2.05) is 0 Å². The normalized spacial score (nSPS) is 13.8. The summed E-state index contributed by atoms with van der Waals surface area (Å²) in [7, 11) is -4.15. The molecular formula is C23H39O5P. The van der Waals surface area contributed by atoms with Gasteiger partial charge in [-0.15, -0.1) is 0 Å². The highest BCUT2D eigenvalue weighted by molar-refractivity contribution is 7.51. The second-order valence-corrected chi connectivity index (χ2v) is 10.0. The summed E-state index contributed by atoms with van der Waals surface area (Å²) in [4.78, 5) is 30.8. The first-order valence-electron chi connectivity index (χ1n) is 11.0.